The Labute approximate surface area is 164 Å². The van der Waals surface area contributed by atoms with E-state index in [0.29, 0.717) is 41.3 Å². The molecule has 0 spiro atoms. The maximum absolute atomic E-state index is 13.0. The number of piperazine rings is 1. The first-order valence-electron chi connectivity index (χ1n) is 9.13. The standard InChI is InChI=1S/C20H25N5O3/c1-21-19(26)15-13-22-8-7-16(15)23-17-6-4-5-14(18(17)28-3)20(27)25-11-9-24(2)10-12-25/h4-8,13H,9-12H2,1-3H3,(H,21,26)(H,22,23). The highest BCUT2D eigenvalue weighted by atomic mass is 16.5. The molecule has 0 radical (unpaired) electrons. The molecule has 0 saturated carbocycles. The first-order chi connectivity index (χ1) is 13.5. The fourth-order valence-corrected chi connectivity index (χ4v) is 3.17. The summed E-state index contributed by atoms with van der Waals surface area (Å²) in [5.74, 6) is 0.139. The summed E-state index contributed by atoms with van der Waals surface area (Å²) in [4.78, 5) is 33.2. The number of pyridine rings is 1. The lowest BCUT2D eigenvalue weighted by Gasteiger charge is -2.32. The molecule has 1 saturated heterocycles. The summed E-state index contributed by atoms with van der Waals surface area (Å²) in [5.41, 5.74) is 2.09. The number of benzene rings is 1. The summed E-state index contributed by atoms with van der Waals surface area (Å²) >= 11 is 0. The van der Waals surface area contributed by atoms with Crippen LogP contribution in [0.25, 0.3) is 0 Å². The van der Waals surface area contributed by atoms with Gasteiger partial charge < -0.3 is 25.2 Å². The second-order valence-corrected chi connectivity index (χ2v) is 6.61. The topological polar surface area (TPSA) is 86.8 Å². The molecule has 0 unspecified atom stereocenters. The molecule has 8 heteroatoms. The predicted octanol–water partition coefficient (Wildman–Crippen LogP) is 1.58. The number of nitrogens with one attached hydrogen (secondary N) is 2. The molecular formula is C20H25N5O3. The number of carbonyl (C=O) groups is 2. The first kappa shape index (κ1) is 19.6. The fourth-order valence-electron chi connectivity index (χ4n) is 3.17. The number of amides is 2. The van der Waals surface area contributed by atoms with Crippen LogP contribution in [0, 0.1) is 0 Å². The summed E-state index contributed by atoms with van der Waals surface area (Å²) < 4.78 is 5.57. The maximum Gasteiger partial charge on any atom is 0.257 e. The van der Waals surface area contributed by atoms with E-state index in [1.165, 1.54) is 13.3 Å². The molecule has 2 amide bonds. The van der Waals surface area contributed by atoms with E-state index in [9.17, 15) is 9.59 Å². The average molecular weight is 383 g/mol. The van der Waals surface area contributed by atoms with Crippen LogP contribution >= 0.6 is 0 Å². The van der Waals surface area contributed by atoms with Crippen molar-refractivity contribution in [3.05, 3.63) is 47.8 Å². The molecule has 0 bridgehead atoms. The van der Waals surface area contributed by atoms with Gasteiger partial charge in [-0.05, 0) is 25.2 Å². The third-order valence-corrected chi connectivity index (χ3v) is 4.80. The Morgan fingerprint density at radius 1 is 1.07 bits per heavy atom. The van der Waals surface area contributed by atoms with Gasteiger partial charge in [-0.2, -0.15) is 0 Å². The highest BCUT2D eigenvalue weighted by Gasteiger charge is 2.24. The van der Waals surface area contributed by atoms with Crippen LogP contribution in [0.15, 0.2) is 36.7 Å². The Morgan fingerprint density at radius 2 is 1.82 bits per heavy atom. The number of aromatic nitrogens is 1. The molecule has 1 aliphatic rings. The molecule has 1 aromatic carbocycles. The SMILES string of the molecule is CNC(=O)c1cnccc1Nc1cccc(C(=O)N2CCN(C)CC2)c1OC. The van der Waals surface area contributed by atoms with Crippen LogP contribution in [0.2, 0.25) is 0 Å². The van der Waals surface area contributed by atoms with Crippen molar-refractivity contribution in [2.75, 3.05) is 52.7 Å². The average Bonchev–Trinajstić information content (AvgIpc) is 2.73. The van der Waals surface area contributed by atoms with Crippen molar-refractivity contribution in [1.29, 1.82) is 0 Å². The second kappa shape index (κ2) is 8.71. The lowest BCUT2D eigenvalue weighted by atomic mass is 10.1. The number of para-hydroxylation sites is 1. The number of ether oxygens (including phenoxy) is 1. The van der Waals surface area contributed by atoms with Gasteiger partial charge in [-0.1, -0.05) is 6.07 Å². The molecule has 3 rings (SSSR count). The number of anilines is 2. The highest BCUT2D eigenvalue weighted by Crippen LogP contribution is 2.33. The fraction of sp³-hybridized carbons (Fsp3) is 0.350. The zero-order chi connectivity index (χ0) is 20.1. The van der Waals surface area contributed by atoms with Crippen LogP contribution in [0.4, 0.5) is 11.4 Å². The molecule has 0 atom stereocenters. The van der Waals surface area contributed by atoms with Crippen molar-refractivity contribution in [2.24, 2.45) is 0 Å². The molecule has 1 aromatic heterocycles. The predicted molar refractivity (Wildman–Crippen MR) is 107 cm³/mol. The van der Waals surface area contributed by atoms with Gasteiger partial charge in [0.15, 0.2) is 5.75 Å². The smallest absolute Gasteiger partial charge is 0.257 e. The molecule has 28 heavy (non-hydrogen) atoms. The van der Waals surface area contributed by atoms with Gasteiger partial charge in [0.05, 0.1) is 29.6 Å². The second-order valence-electron chi connectivity index (χ2n) is 6.61. The Morgan fingerprint density at radius 3 is 2.50 bits per heavy atom. The van der Waals surface area contributed by atoms with E-state index >= 15 is 0 Å². The van der Waals surface area contributed by atoms with Crippen LogP contribution in [-0.2, 0) is 0 Å². The van der Waals surface area contributed by atoms with E-state index in [1.807, 2.05) is 18.0 Å². The van der Waals surface area contributed by atoms with Crippen LogP contribution in [-0.4, -0.2) is 74.0 Å². The Hall–Kier alpha value is -3.13. The minimum absolute atomic E-state index is 0.0603. The zero-order valence-corrected chi connectivity index (χ0v) is 16.4. The number of methoxy groups -OCH3 is 1. The minimum atomic E-state index is -0.251. The maximum atomic E-state index is 13.0. The van der Waals surface area contributed by atoms with Crippen molar-refractivity contribution in [1.82, 2.24) is 20.1 Å². The molecule has 1 fully saturated rings. The van der Waals surface area contributed by atoms with Gasteiger partial charge in [0.2, 0.25) is 0 Å². The summed E-state index contributed by atoms with van der Waals surface area (Å²) in [7, 11) is 5.15. The molecule has 148 valence electrons. The van der Waals surface area contributed by atoms with E-state index in [0.717, 1.165) is 13.1 Å². The number of carbonyl (C=O) groups excluding carboxylic acids is 2. The van der Waals surface area contributed by atoms with Crippen LogP contribution < -0.4 is 15.4 Å². The lowest BCUT2D eigenvalue weighted by molar-refractivity contribution is 0.0660. The molecular weight excluding hydrogens is 358 g/mol. The Kier molecular flexibility index (Phi) is 6.10. The molecule has 2 heterocycles. The normalized spacial score (nSPS) is 14.5. The number of hydrogen-bond donors (Lipinski definition) is 2. The van der Waals surface area contributed by atoms with Crippen molar-refractivity contribution in [3.8, 4) is 5.75 Å². The Balaban J connectivity index is 1.91. The largest absolute Gasteiger partial charge is 0.494 e. The number of nitrogens with zero attached hydrogens (tertiary/aromatic N) is 3. The third kappa shape index (κ3) is 4.07. The van der Waals surface area contributed by atoms with Crippen molar-refractivity contribution in [2.45, 2.75) is 0 Å². The van der Waals surface area contributed by atoms with Crippen molar-refractivity contribution in [3.63, 3.8) is 0 Å². The van der Waals surface area contributed by atoms with Crippen molar-refractivity contribution < 1.29 is 14.3 Å². The summed E-state index contributed by atoms with van der Waals surface area (Å²) in [5, 5.41) is 5.81. The van der Waals surface area contributed by atoms with Crippen LogP contribution in [0.5, 0.6) is 5.75 Å². The van der Waals surface area contributed by atoms with E-state index in [1.54, 1.807) is 31.4 Å². The van der Waals surface area contributed by atoms with Gasteiger partial charge in [-0.15, -0.1) is 0 Å². The van der Waals surface area contributed by atoms with Gasteiger partial charge >= 0.3 is 0 Å². The first-order valence-corrected chi connectivity index (χ1v) is 9.13. The Bertz CT molecular complexity index is 863. The highest BCUT2D eigenvalue weighted by molar-refractivity contribution is 6.01. The van der Waals surface area contributed by atoms with Crippen LogP contribution in [0.1, 0.15) is 20.7 Å². The van der Waals surface area contributed by atoms with Gasteiger partial charge in [0.25, 0.3) is 11.8 Å². The van der Waals surface area contributed by atoms with Gasteiger partial charge in [0.1, 0.15) is 0 Å². The molecule has 0 aliphatic carbocycles. The van der Waals surface area contributed by atoms with Gasteiger partial charge in [-0.25, -0.2) is 0 Å². The number of likely N-dealkylation sites (N-methyl/N-ethyl adjacent to an activating group) is 1. The monoisotopic (exact) mass is 383 g/mol. The van der Waals surface area contributed by atoms with Gasteiger partial charge in [0, 0.05) is 45.6 Å². The third-order valence-electron chi connectivity index (χ3n) is 4.80. The minimum Gasteiger partial charge on any atom is -0.494 e. The van der Waals surface area contributed by atoms with Crippen molar-refractivity contribution >= 4 is 23.2 Å². The molecule has 2 N–H and O–H groups in total. The van der Waals surface area contributed by atoms with E-state index in [-0.39, 0.29) is 11.8 Å². The summed E-state index contributed by atoms with van der Waals surface area (Å²) in [6.45, 7) is 3.06. The summed E-state index contributed by atoms with van der Waals surface area (Å²) in [6, 6.07) is 7.08. The summed E-state index contributed by atoms with van der Waals surface area (Å²) in [6.07, 6.45) is 3.09. The molecule has 2 aromatic rings. The molecule has 1 aliphatic heterocycles. The van der Waals surface area contributed by atoms with E-state index < -0.39 is 0 Å². The van der Waals surface area contributed by atoms with Crippen LogP contribution in [0.3, 0.4) is 0 Å². The van der Waals surface area contributed by atoms with E-state index in [2.05, 4.69) is 20.5 Å². The van der Waals surface area contributed by atoms with Gasteiger partial charge in [-0.3, -0.25) is 14.6 Å². The number of rotatable bonds is 5. The quantitative estimate of drug-likeness (QED) is 0.815. The molecule has 8 nitrogen and oxygen atoms in total. The van der Waals surface area contributed by atoms with E-state index in [4.69, 9.17) is 4.74 Å². The lowest BCUT2D eigenvalue weighted by Crippen LogP contribution is -2.47. The zero-order valence-electron chi connectivity index (χ0n) is 16.4. The number of hydrogen-bond acceptors (Lipinski definition) is 6.